The average molecular weight is 446 g/mol. The van der Waals surface area contributed by atoms with Crippen molar-refractivity contribution >= 4 is 40.6 Å². The second-order valence-electron chi connectivity index (χ2n) is 6.06. The van der Waals surface area contributed by atoms with E-state index in [2.05, 4.69) is 15.2 Å². The van der Waals surface area contributed by atoms with Gasteiger partial charge in [-0.05, 0) is 18.2 Å². The Hall–Kier alpha value is -2.62. The monoisotopic (exact) mass is 445 g/mol. The Morgan fingerprint density at radius 1 is 1.24 bits per heavy atom. The number of carbonyl (C=O) groups excluding carboxylic acids is 1. The summed E-state index contributed by atoms with van der Waals surface area (Å²) in [6.07, 6.45) is 1.76. The molecule has 7 nitrogen and oxygen atoms in total. The molecule has 0 bridgehead atoms. The summed E-state index contributed by atoms with van der Waals surface area (Å²) in [5, 5.41) is 12.7. The number of hydrogen-bond acceptors (Lipinski definition) is 7. The maximum absolute atomic E-state index is 11.3. The van der Waals surface area contributed by atoms with E-state index in [-0.39, 0.29) is 12.3 Å². The van der Waals surface area contributed by atoms with E-state index >= 15 is 0 Å². The summed E-state index contributed by atoms with van der Waals surface area (Å²) in [6.45, 7) is 0.378. The Morgan fingerprint density at radius 3 is 2.86 bits per heavy atom. The van der Waals surface area contributed by atoms with Crippen LogP contribution in [0.2, 0.25) is 5.02 Å². The fraction of sp³-hybridized carbons (Fsp3) is 0.158. The molecule has 10 heteroatoms. The van der Waals surface area contributed by atoms with Gasteiger partial charge in [0.25, 0.3) is 0 Å². The third-order valence-corrected chi connectivity index (χ3v) is 6.30. The summed E-state index contributed by atoms with van der Waals surface area (Å²) in [7, 11) is 0. The van der Waals surface area contributed by atoms with E-state index < -0.39 is 0 Å². The number of nitrogens with zero attached hydrogens (tertiary/aromatic N) is 4. The SMILES string of the molecule is NC(=O)CCn1c(SCc2csc(-c3ccccc3Cl)n2)nnc1-c1ccco1. The summed E-state index contributed by atoms with van der Waals surface area (Å²) < 4.78 is 7.28. The van der Waals surface area contributed by atoms with Gasteiger partial charge in [-0.1, -0.05) is 41.6 Å². The highest BCUT2D eigenvalue weighted by molar-refractivity contribution is 7.98. The first-order chi connectivity index (χ1) is 14.1. The van der Waals surface area contributed by atoms with E-state index in [9.17, 15) is 4.79 Å². The Balaban J connectivity index is 1.53. The van der Waals surface area contributed by atoms with Crippen molar-refractivity contribution in [2.24, 2.45) is 5.73 Å². The molecule has 0 aliphatic rings. The Labute approximate surface area is 179 Å². The Kier molecular flexibility index (Phi) is 5.98. The van der Waals surface area contributed by atoms with Crippen molar-refractivity contribution in [3.8, 4) is 22.2 Å². The van der Waals surface area contributed by atoms with Gasteiger partial charge in [-0.25, -0.2) is 4.98 Å². The highest BCUT2D eigenvalue weighted by atomic mass is 35.5. The van der Waals surface area contributed by atoms with Gasteiger partial charge in [-0.15, -0.1) is 21.5 Å². The summed E-state index contributed by atoms with van der Waals surface area (Å²) >= 11 is 9.30. The first-order valence-electron chi connectivity index (χ1n) is 8.69. The van der Waals surface area contributed by atoms with Gasteiger partial charge >= 0.3 is 0 Å². The van der Waals surface area contributed by atoms with Gasteiger partial charge < -0.3 is 10.2 Å². The van der Waals surface area contributed by atoms with Crippen molar-refractivity contribution < 1.29 is 9.21 Å². The number of thiazole rings is 1. The normalized spacial score (nSPS) is 11.1. The predicted molar refractivity (Wildman–Crippen MR) is 114 cm³/mol. The number of carbonyl (C=O) groups is 1. The zero-order chi connectivity index (χ0) is 20.2. The zero-order valence-electron chi connectivity index (χ0n) is 15.1. The Morgan fingerprint density at radius 2 is 2.10 bits per heavy atom. The molecule has 0 aliphatic heterocycles. The summed E-state index contributed by atoms with van der Waals surface area (Å²) in [4.78, 5) is 15.9. The molecule has 29 heavy (non-hydrogen) atoms. The first-order valence-corrected chi connectivity index (χ1v) is 10.9. The number of amides is 1. The molecule has 1 amide bonds. The highest BCUT2D eigenvalue weighted by Crippen LogP contribution is 2.32. The minimum atomic E-state index is -0.385. The quantitative estimate of drug-likeness (QED) is 0.401. The van der Waals surface area contributed by atoms with Crippen LogP contribution in [0.3, 0.4) is 0 Å². The van der Waals surface area contributed by atoms with E-state index in [1.807, 2.05) is 34.2 Å². The van der Waals surface area contributed by atoms with E-state index in [0.29, 0.717) is 34.1 Å². The standard InChI is InChI=1S/C19H16ClN5O2S2/c20-14-5-2-1-4-13(14)18-22-12(10-28-18)11-29-19-24-23-17(15-6-3-9-27-15)25(19)8-7-16(21)26/h1-6,9-10H,7-8,11H2,(H2,21,26). The van der Waals surface area contributed by atoms with Crippen molar-refractivity contribution in [2.75, 3.05) is 0 Å². The number of halogens is 1. The van der Waals surface area contributed by atoms with Crippen molar-refractivity contribution in [1.82, 2.24) is 19.7 Å². The summed E-state index contributed by atoms with van der Waals surface area (Å²) in [5.74, 6) is 1.37. The van der Waals surface area contributed by atoms with Gasteiger partial charge in [0.2, 0.25) is 5.91 Å². The van der Waals surface area contributed by atoms with Crippen LogP contribution in [0.4, 0.5) is 0 Å². The number of benzene rings is 1. The van der Waals surface area contributed by atoms with E-state index in [1.165, 1.54) is 11.8 Å². The minimum absolute atomic E-state index is 0.187. The third kappa shape index (κ3) is 4.52. The van der Waals surface area contributed by atoms with Crippen LogP contribution < -0.4 is 5.73 Å². The van der Waals surface area contributed by atoms with E-state index in [4.69, 9.17) is 21.8 Å². The molecule has 2 N–H and O–H groups in total. The molecule has 0 aliphatic carbocycles. The molecule has 0 spiro atoms. The van der Waals surface area contributed by atoms with Crippen LogP contribution in [0.25, 0.3) is 22.2 Å². The van der Waals surface area contributed by atoms with Gasteiger partial charge in [0.1, 0.15) is 5.01 Å². The lowest BCUT2D eigenvalue weighted by molar-refractivity contribution is -0.118. The number of primary amides is 1. The molecule has 0 saturated carbocycles. The molecule has 148 valence electrons. The maximum atomic E-state index is 11.3. The maximum Gasteiger partial charge on any atom is 0.219 e. The van der Waals surface area contributed by atoms with Crippen LogP contribution in [-0.2, 0) is 17.1 Å². The molecule has 3 aromatic heterocycles. The molecular weight excluding hydrogens is 430 g/mol. The van der Waals surface area contributed by atoms with Crippen LogP contribution in [-0.4, -0.2) is 25.7 Å². The van der Waals surface area contributed by atoms with E-state index in [0.717, 1.165) is 16.3 Å². The molecule has 4 aromatic rings. The molecule has 0 fully saturated rings. The lowest BCUT2D eigenvalue weighted by Crippen LogP contribution is -2.15. The van der Waals surface area contributed by atoms with Crippen molar-refractivity contribution in [3.05, 3.63) is 58.8 Å². The van der Waals surface area contributed by atoms with Crippen LogP contribution in [0.1, 0.15) is 12.1 Å². The Bertz CT molecular complexity index is 1120. The molecule has 4 rings (SSSR count). The number of hydrogen-bond donors (Lipinski definition) is 1. The average Bonchev–Trinajstić information content (AvgIpc) is 3.45. The first kappa shape index (κ1) is 19.7. The zero-order valence-corrected chi connectivity index (χ0v) is 17.5. The van der Waals surface area contributed by atoms with Crippen molar-refractivity contribution in [2.45, 2.75) is 23.9 Å². The van der Waals surface area contributed by atoms with Gasteiger partial charge in [0.05, 0.1) is 17.0 Å². The van der Waals surface area contributed by atoms with Crippen LogP contribution in [0, 0.1) is 0 Å². The van der Waals surface area contributed by atoms with Crippen molar-refractivity contribution in [3.63, 3.8) is 0 Å². The number of aromatic nitrogens is 4. The minimum Gasteiger partial charge on any atom is -0.461 e. The number of thioether (sulfide) groups is 1. The summed E-state index contributed by atoms with van der Waals surface area (Å²) in [5.41, 5.74) is 7.15. The van der Waals surface area contributed by atoms with Crippen LogP contribution >= 0.6 is 34.7 Å². The van der Waals surface area contributed by atoms with Gasteiger partial charge in [-0.3, -0.25) is 9.36 Å². The smallest absolute Gasteiger partial charge is 0.219 e. The fourth-order valence-corrected chi connectivity index (χ4v) is 4.78. The molecule has 3 heterocycles. The van der Waals surface area contributed by atoms with E-state index in [1.54, 1.807) is 29.7 Å². The predicted octanol–water partition coefficient (Wildman–Crippen LogP) is 4.48. The van der Waals surface area contributed by atoms with Gasteiger partial charge in [0.15, 0.2) is 16.7 Å². The van der Waals surface area contributed by atoms with Gasteiger partial charge in [0, 0.05) is 29.7 Å². The van der Waals surface area contributed by atoms with Crippen LogP contribution in [0.5, 0.6) is 0 Å². The molecule has 0 radical (unpaired) electrons. The molecule has 0 atom stereocenters. The lowest BCUT2D eigenvalue weighted by atomic mass is 10.2. The fourth-order valence-electron chi connectivity index (χ4n) is 2.68. The largest absolute Gasteiger partial charge is 0.461 e. The topological polar surface area (TPSA) is 99.8 Å². The third-order valence-electron chi connectivity index (χ3n) is 4.05. The summed E-state index contributed by atoms with van der Waals surface area (Å²) in [6, 6.07) is 11.2. The lowest BCUT2D eigenvalue weighted by Gasteiger charge is -2.07. The second-order valence-corrected chi connectivity index (χ2v) is 8.27. The molecule has 0 saturated heterocycles. The molecule has 1 aromatic carbocycles. The second kappa shape index (κ2) is 8.81. The number of nitrogens with two attached hydrogens (primary N) is 1. The molecular formula is C19H16ClN5O2S2. The van der Waals surface area contributed by atoms with Gasteiger partial charge in [-0.2, -0.15) is 0 Å². The van der Waals surface area contributed by atoms with Crippen LogP contribution in [0.15, 0.2) is 57.6 Å². The number of furan rings is 1. The highest BCUT2D eigenvalue weighted by Gasteiger charge is 2.17. The van der Waals surface area contributed by atoms with Crippen molar-refractivity contribution in [1.29, 1.82) is 0 Å². The number of rotatable bonds is 8. The molecule has 0 unspecified atom stereocenters.